The maximum atomic E-state index is 13.7. The molecule has 0 aromatic heterocycles. The summed E-state index contributed by atoms with van der Waals surface area (Å²) in [6.45, 7) is 2.89. The molecule has 0 saturated carbocycles. The molecule has 0 unspecified atom stereocenters. The SMILES string of the molecule is C[C@H]1[C@@H](OCc2ccccc2)[C@H]2S[C@@H](c3ccccc3)N(C)[C@H]2CN1S(=O)(=O)c1ccccc1. The molecule has 0 amide bonds. The smallest absolute Gasteiger partial charge is 0.243 e. The van der Waals surface area contributed by atoms with Crippen molar-refractivity contribution in [1.82, 2.24) is 9.21 Å². The van der Waals surface area contributed by atoms with Crippen LogP contribution in [0.1, 0.15) is 23.4 Å². The number of fused-ring (bicyclic) bond motifs is 1. The van der Waals surface area contributed by atoms with Crippen LogP contribution in [0.5, 0.6) is 0 Å². The third kappa shape index (κ3) is 4.43. The Morgan fingerprint density at radius 2 is 1.50 bits per heavy atom. The van der Waals surface area contributed by atoms with Gasteiger partial charge in [-0.3, -0.25) is 4.90 Å². The van der Waals surface area contributed by atoms with Gasteiger partial charge in [0.05, 0.1) is 28.2 Å². The molecule has 0 spiro atoms. The molecule has 3 aromatic rings. The van der Waals surface area contributed by atoms with Crippen LogP contribution < -0.4 is 0 Å². The predicted molar refractivity (Wildman–Crippen MR) is 137 cm³/mol. The van der Waals surface area contributed by atoms with Crippen molar-refractivity contribution in [3.63, 3.8) is 0 Å². The molecular weight excluding hydrogens is 464 g/mol. The van der Waals surface area contributed by atoms with Gasteiger partial charge in [-0.25, -0.2) is 8.42 Å². The van der Waals surface area contributed by atoms with E-state index in [0.717, 1.165) is 5.56 Å². The lowest BCUT2D eigenvalue weighted by Crippen LogP contribution is -2.62. The van der Waals surface area contributed by atoms with E-state index in [4.69, 9.17) is 4.74 Å². The Kier molecular flexibility index (Phi) is 6.82. The minimum Gasteiger partial charge on any atom is -0.371 e. The second kappa shape index (κ2) is 9.84. The zero-order valence-electron chi connectivity index (χ0n) is 19.4. The van der Waals surface area contributed by atoms with E-state index >= 15 is 0 Å². The van der Waals surface area contributed by atoms with Crippen molar-refractivity contribution >= 4 is 21.8 Å². The zero-order valence-corrected chi connectivity index (χ0v) is 21.0. The first-order chi connectivity index (χ1) is 16.5. The number of ether oxygens (including phenoxy) is 1. The summed E-state index contributed by atoms with van der Waals surface area (Å²) >= 11 is 1.89. The second-order valence-electron chi connectivity index (χ2n) is 8.99. The standard InChI is InChI=1S/C27H30N2O3S2/c1-20-25(32-19-21-12-6-3-7-13-21)26-24(28(2)27(33-26)22-14-8-4-9-15-22)18-29(20)34(30,31)23-16-10-5-11-17-23/h3-17,20,24-27H,18-19H2,1-2H3/t20-,24-,25+,26-,27-/m0/s1. The average Bonchev–Trinajstić information content (AvgIpc) is 3.20. The molecule has 0 radical (unpaired) electrons. The number of rotatable bonds is 6. The van der Waals surface area contributed by atoms with E-state index < -0.39 is 10.0 Å². The highest BCUT2D eigenvalue weighted by Crippen LogP contribution is 2.50. The molecule has 5 nitrogen and oxygen atoms in total. The lowest BCUT2D eigenvalue weighted by Gasteiger charge is -2.45. The van der Waals surface area contributed by atoms with Gasteiger partial charge in [0, 0.05) is 18.6 Å². The Hall–Kier alpha value is -2.16. The van der Waals surface area contributed by atoms with Crippen LogP contribution in [0.25, 0.3) is 0 Å². The largest absolute Gasteiger partial charge is 0.371 e. The van der Waals surface area contributed by atoms with Gasteiger partial charge in [0.25, 0.3) is 0 Å². The quantitative estimate of drug-likeness (QED) is 0.494. The molecule has 2 aliphatic heterocycles. The van der Waals surface area contributed by atoms with Crippen LogP contribution in [0.15, 0.2) is 95.9 Å². The van der Waals surface area contributed by atoms with E-state index in [0.29, 0.717) is 18.0 Å². The molecule has 34 heavy (non-hydrogen) atoms. The van der Waals surface area contributed by atoms with Gasteiger partial charge in [-0.1, -0.05) is 78.9 Å². The van der Waals surface area contributed by atoms with Crippen LogP contribution in [0.4, 0.5) is 0 Å². The molecule has 0 aliphatic carbocycles. The van der Waals surface area contributed by atoms with Crippen molar-refractivity contribution in [2.75, 3.05) is 13.6 Å². The minimum absolute atomic E-state index is 0.0469. The van der Waals surface area contributed by atoms with Gasteiger partial charge in [-0.05, 0) is 37.2 Å². The maximum absolute atomic E-state index is 13.7. The topological polar surface area (TPSA) is 49.9 Å². The van der Waals surface area contributed by atoms with Gasteiger partial charge in [-0.2, -0.15) is 4.31 Å². The van der Waals surface area contributed by atoms with Crippen LogP contribution in [-0.4, -0.2) is 54.7 Å². The summed E-state index contributed by atoms with van der Waals surface area (Å²) in [7, 11) is -1.55. The number of likely N-dealkylation sites (N-methyl/N-ethyl adjacent to an activating group) is 1. The second-order valence-corrected chi connectivity index (χ2v) is 12.1. The maximum Gasteiger partial charge on any atom is 0.243 e. The molecule has 178 valence electrons. The fraction of sp³-hybridized carbons (Fsp3) is 0.333. The first-order valence-corrected chi connectivity index (χ1v) is 14.0. The Bertz CT molecular complexity index is 1190. The lowest BCUT2D eigenvalue weighted by atomic mass is 9.96. The molecule has 3 aromatic carbocycles. The monoisotopic (exact) mass is 494 g/mol. The number of piperidine rings is 1. The van der Waals surface area contributed by atoms with Gasteiger partial charge >= 0.3 is 0 Å². The van der Waals surface area contributed by atoms with Crippen molar-refractivity contribution in [3.8, 4) is 0 Å². The number of hydrogen-bond acceptors (Lipinski definition) is 5. The summed E-state index contributed by atoms with van der Waals surface area (Å²) in [5.74, 6) is 0. The summed E-state index contributed by atoms with van der Waals surface area (Å²) in [5.41, 5.74) is 2.32. The highest BCUT2D eigenvalue weighted by Gasteiger charge is 2.53. The average molecular weight is 495 g/mol. The molecule has 2 aliphatic rings. The van der Waals surface area contributed by atoms with Crippen LogP contribution in [-0.2, 0) is 21.4 Å². The van der Waals surface area contributed by atoms with Gasteiger partial charge in [-0.15, -0.1) is 11.8 Å². The first kappa shape index (κ1) is 23.6. The summed E-state index contributed by atoms with van der Waals surface area (Å²) in [5, 5.41) is 0.321. The lowest BCUT2D eigenvalue weighted by molar-refractivity contribution is -0.0359. The summed E-state index contributed by atoms with van der Waals surface area (Å²) < 4.78 is 35.6. The van der Waals surface area contributed by atoms with Crippen molar-refractivity contribution in [1.29, 1.82) is 0 Å². The molecule has 2 saturated heterocycles. The van der Waals surface area contributed by atoms with E-state index in [9.17, 15) is 8.42 Å². The first-order valence-electron chi connectivity index (χ1n) is 11.6. The fourth-order valence-electron chi connectivity index (χ4n) is 5.04. The van der Waals surface area contributed by atoms with E-state index in [1.165, 1.54) is 5.56 Å². The molecule has 2 fully saturated rings. The highest BCUT2D eigenvalue weighted by atomic mass is 32.2. The summed E-state index contributed by atoms with van der Waals surface area (Å²) in [6.07, 6.45) is -0.237. The number of hydrogen-bond donors (Lipinski definition) is 0. The Balaban J connectivity index is 1.48. The Labute approximate surface area is 206 Å². The number of benzene rings is 3. The van der Waals surface area contributed by atoms with Gasteiger partial charge in [0.15, 0.2) is 0 Å². The van der Waals surface area contributed by atoms with Crippen LogP contribution in [0.2, 0.25) is 0 Å². The minimum atomic E-state index is -3.65. The Morgan fingerprint density at radius 1 is 0.912 bits per heavy atom. The van der Waals surface area contributed by atoms with Gasteiger partial charge in [0.1, 0.15) is 0 Å². The highest BCUT2D eigenvalue weighted by molar-refractivity contribution is 8.00. The fourth-order valence-corrected chi connectivity index (χ4v) is 8.60. The molecule has 0 N–H and O–H groups in total. The van der Waals surface area contributed by atoms with Crippen molar-refractivity contribution in [3.05, 3.63) is 102 Å². The number of sulfonamides is 1. The Morgan fingerprint density at radius 3 is 2.15 bits per heavy atom. The van der Waals surface area contributed by atoms with Crippen molar-refractivity contribution in [2.45, 2.75) is 47.2 Å². The van der Waals surface area contributed by atoms with Gasteiger partial charge < -0.3 is 4.74 Å². The molecule has 7 heteroatoms. The van der Waals surface area contributed by atoms with E-state index in [-0.39, 0.29) is 28.8 Å². The normalized spacial score (nSPS) is 28.0. The third-order valence-corrected chi connectivity index (χ3v) is 10.6. The van der Waals surface area contributed by atoms with E-state index in [1.807, 2.05) is 61.2 Å². The number of nitrogens with zero attached hydrogens (tertiary/aromatic N) is 2. The van der Waals surface area contributed by atoms with Crippen LogP contribution in [0.3, 0.4) is 0 Å². The van der Waals surface area contributed by atoms with Crippen LogP contribution >= 0.6 is 11.8 Å². The van der Waals surface area contributed by atoms with Gasteiger partial charge in [0.2, 0.25) is 10.0 Å². The molecular formula is C27H30N2O3S2. The predicted octanol–water partition coefficient (Wildman–Crippen LogP) is 4.78. The summed E-state index contributed by atoms with van der Waals surface area (Å²) in [4.78, 5) is 2.65. The molecule has 2 heterocycles. The number of thioether (sulfide) groups is 1. The van der Waals surface area contributed by atoms with E-state index in [2.05, 4.69) is 36.2 Å². The molecule has 0 bridgehead atoms. The van der Waals surface area contributed by atoms with Crippen molar-refractivity contribution < 1.29 is 13.2 Å². The summed E-state index contributed by atoms with van der Waals surface area (Å²) in [6, 6.07) is 29.0. The molecule has 5 rings (SSSR count). The molecule has 5 atom stereocenters. The van der Waals surface area contributed by atoms with Crippen LogP contribution in [0, 0.1) is 0 Å². The van der Waals surface area contributed by atoms with Crippen molar-refractivity contribution in [2.24, 2.45) is 0 Å². The third-order valence-electron chi connectivity index (χ3n) is 6.90. The zero-order chi connectivity index (χ0) is 23.7. The van der Waals surface area contributed by atoms with E-state index in [1.54, 1.807) is 28.6 Å².